The van der Waals surface area contributed by atoms with Crippen LogP contribution in [-0.2, 0) is 9.47 Å². The van der Waals surface area contributed by atoms with E-state index >= 15 is 0 Å². The van der Waals surface area contributed by atoms with Crippen molar-refractivity contribution in [1.82, 2.24) is 4.90 Å². The van der Waals surface area contributed by atoms with Crippen molar-refractivity contribution in [2.75, 3.05) is 39.5 Å². The molecule has 4 nitrogen and oxygen atoms in total. The fourth-order valence-electron chi connectivity index (χ4n) is 2.46. The minimum Gasteiger partial charge on any atom is -0.394 e. The maximum Gasteiger partial charge on any atom is 0.0760 e. The lowest BCUT2D eigenvalue weighted by molar-refractivity contribution is -0.182. The number of rotatable bonds is 5. The molecule has 1 heterocycles. The molecule has 1 rings (SSSR count). The van der Waals surface area contributed by atoms with Crippen LogP contribution < -0.4 is 0 Å². The molecule has 1 saturated heterocycles. The van der Waals surface area contributed by atoms with Gasteiger partial charge in [0.05, 0.1) is 31.0 Å². The van der Waals surface area contributed by atoms with Gasteiger partial charge in [-0.15, -0.1) is 0 Å². The average Bonchev–Trinajstić information content (AvgIpc) is 2.07. The molecule has 1 N–H and O–H groups in total. The Balaban J connectivity index is 2.36. The molecule has 0 amide bonds. The number of aliphatic hydroxyl groups is 1. The summed E-state index contributed by atoms with van der Waals surface area (Å²) in [7, 11) is 0. The summed E-state index contributed by atoms with van der Waals surface area (Å²) in [4.78, 5) is 2.36. The minimum absolute atomic E-state index is 0.0973. The highest BCUT2D eigenvalue weighted by molar-refractivity contribution is 4.88. The van der Waals surface area contributed by atoms with Gasteiger partial charge in [-0.25, -0.2) is 0 Å². The Hall–Kier alpha value is -0.160. The maximum atomic E-state index is 8.61. The molecule has 0 aromatic carbocycles. The van der Waals surface area contributed by atoms with E-state index in [0.717, 1.165) is 19.6 Å². The summed E-state index contributed by atoms with van der Waals surface area (Å²) in [6, 6.07) is 0. The van der Waals surface area contributed by atoms with Crippen molar-refractivity contribution in [2.24, 2.45) is 0 Å². The third kappa shape index (κ3) is 4.78. The normalized spacial score (nSPS) is 24.6. The Morgan fingerprint density at radius 1 is 1.12 bits per heavy atom. The van der Waals surface area contributed by atoms with Gasteiger partial charge in [0.1, 0.15) is 0 Å². The largest absolute Gasteiger partial charge is 0.394 e. The van der Waals surface area contributed by atoms with Gasteiger partial charge >= 0.3 is 0 Å². The standard InChI is InChI=1S/C12H25NO3/c1-11(2)9-13(5-7-15-8-6-14)10-12(3,4)16-11/h14H,5-10H2,1-4H3. The average molecular weight is 231 g/mol. The predicted octanol–water partition coefficient (Wildman–Crippen LogP) is 0.885. The van der Waals surface area contributed by atoms with Crippen molar-refractivity contribution >= 4 is 0 Å². The summed E-state index contributed by atoms with van der Waals surface area (Å²) in [6.07, 6.45) is 0. The molecular weight excluding hydrogens is 206 g/mol. The molecule has 1 fully saturated rings. The van der Waals surface area contributed by atoms with E-state index in [4.69, 9.17) is 14.6 Å². The van der Waals surface area contributed by atoms with Gasteiger partial charge in [-0.1, -0.05) is 0 Å². The van der Waals surface area contributed by atoms with E-state index in [1.165, 1.54) is 0 Å². The molecule has 0 bridgehead atoms. The lowest BCUT2D eigenvalue weighted by Crippen LogP contribution is -2.57. The van der Waals surface area contributed by atoms with Gasteiger partial charge < -0.3 is 14.6 Å². The first-order valence-corrected chi connectivity index (χ1v) is 5.96. The molecule has 0 spiro atoms. The van der Waals surface area contributed by atoms with E-state index in [1.54, 1.807) is 0 Å². The quantitative estimate of drug-likeness (QED) is 0.713. The molecule has 1 aliphatic rings. The van der Waals surface area contributed by atoms with Gasteiger partial charge in [-0.2, -0.15) is 0 Å². The summed E-state index contributed by atoms with van der Waals surface area (Å²) >= 11 is 0. The van der Waals surface area contributed by atoms with Gasteiger partial charge in [0.2, 0.25) is 0 Å². The molecule has 0 aliphatic carbocycles. The number of ether oxygens (including phenoxy) is 2. The van der Waals surface area contributed by atoms with Gasteiger partial charge in [-0.05, 0) is 27.7 Å². The minimum atomic E-state index is -0.0985. The van der Waals surface area contributed by atoms with Crippen molar-refractivity contribution in [1.29, 1.82) is 0 Å². The van der Waals surface area contributed by atoms with Gasteiger partial charge in [0, 0.05) is 19.6 Å². The second-order valence-corrected chi connectivity index (χ2v) is 5.67. The molecule has 0 saturated carbocycles. The van der Waals surface area contributed by atoms with Gasteiger partial charge in [-0.3, -0.25) is 4.90 Å². The first-order valence-electron chi connectivity index (χ1n) is 5.96. The van der Waals surface area contributed by atoms with E-state index in [-0.39, 0.29) is 17.8 Å². The van der Waals surface area contributed by atoms with E-state index in [2.05, 4.69) is 32.6 Å². The molecule has 0 aromatic heterocycles. The Morgan fingerprint density at radius 2 is 1.69 bits per heavy atom. The monoisotopic (exact) mass is 231 g/mol. The third-order valence-electron chi connectivity index (χ3n) is 2.55. The van der Waals surface area contributed by atoms with Gasteiger partial charge in [0.25, 0.3) is 0 Å². The second kappa shape index (κ2) is 5.45. The highest BCUT2D eigenvalue weighted by atomic mass is 16.5. The summed E-state index contributed by atoms with van der Waals surface area (Å²) < 4.78 is 11.3. The first-order chi connectivity index (χ1) is 7.35. The maximum absolute atomic E-state index is 8.61. The molecule has 96 valence electrons. The highest BCUT2D eigenvalue weighted by Crippen LogP contribution is 2.27. The fourth-order valence-corrected chi connectivity index (χ4v) is 2.46. The molecule has 1 aliphatic heterocycles. The Labute approximate surface area is 98.5 Å². The molecule has 0 unspecified atom stereocenters. The molecule has 0 atom stereocenters. The zero-order valence-electron chi connectivity index (χ0n) is 11.0. The Morgan fingerprint density at radius 3 is 2.19 bits per heavy atom. The van der Waals surface area contributed by atoms with E-state index in [1.807, 2.05) is 0 Å². The highest BCUT2D eigenvalue weighted by Gasteiger charge is 2.37. The van der Waals surface area contributed by atoms with Crippen LogP contribution in [0, 0.1) is 0 Å². The number of hydrogen-bond acceptors (Lipinski definition) is 4. The van der Waals surface area contributed by atoms with Crippen molar-refractivity contribution in [3.8, 4) is 0 Å². The fraction of sp³-hybridized carbons (Fsp3) is 1.00. The van der Waals surface area contributed by atoms with Crippen LogP contribution in [0.5, 0.6) is 0 Å². The summed E-state index contributed by atoms with van der Waals surface area (Å²) in [6.45, 7) is 12.4. The van der Waals surface area contributed by atoms with Crippen LogP contribution in [0.2, 0.25) is 0 Å². The molecule has 0 aromatic rings. The van der Waals surface area contributed by atoms with Crippen LogP contribution in [-0.4, -0.2) is 60.7 Å². The Kier molecular flexibility index (Phi) is 4.73. The van der Waals surface area contributed by atoms with E-state index < -0.39 is 0 Å². The number of morpholine rings is 1. The second-order valence-electron chi connectivity index (χ2n) is 5.67. The van der Waals surface area contributed by atoms with Gasteiger partial charge in [0.15, 0.2) is 0 Å². The molecule has 0 radical (unpaired) electrons. The first kappa shape index (κ1) is 13.9. The van der Waals surface area contributed by atoms with Crippen LogP contribution in [0.25, 0.3) is 0 Å². The smallest absolute Gasteiger partial charge is 0.0760 e. The molecule has 16 heavy (non-hydrogen) atoms. The van der Waals surface area contributed by atoms with Crippen molar-refractivity contribution in [3.05, 3.63) is 0 Å². The van der Waals surface area contributed by atoms with Crippen LogP contribution in [0.4, 0.5) is 0 Å². The lowest BCUT2D eigenvalue weighted by atomic mass is 9.99. The SMILES string of the molecule is CC1(C)CN(CCOCCO)CC(C)(C)O1. The van der Waals surface area contributed by atoms with Crippen LogP contribution in [0.3, 0.4) is 0 Å². The Bertz CT molecular complexity index is 200. The van der Waals surface area contributed by atoms with Crippen molar-refractivity contribution in [2.45, 2.75) is 38.9 Å². The number of aliphatic hydroxyl groups excluding tert-OH is 1. The summed E-state index contributed by atoms with van der Waals surface area (Å²) in [5.41, 5.74) is -0.197. The molecule has 4 heteroatoms. The summed E-state index contributed by atoms with van der Waals surface area (Å²) in [5, 5.41) is 8.61. The van der Waals surface area contributed by atoms with Crippen molar-refractivity contribution in [3.63, 3.8) is 0 Å². The van der Waals surface area contributed by atoms with E-state index in [9.17, 15) is 0 Å². The van der Waals surface area contributed by atoms with Crippen LogP contribution in [0.15, 0.2) is 0 Å². The van der Waals surface area contributed by atoms with E-state index in [0.29, 0.717) is 13.2 Å². The molecular formula is C12H25NO3. The number of nitrogens with zero attached hydrogens (tertiary/aromatic N) is 1. The lowest BCUT2D eigenvalue weighted by Gasteiger charge is -2.47. The van der Waals surface area contributed by atoms with Crippen molar-refractivity contribution < 1.29 is 14.6 Å². The topological polar surface area (TPSA) is 41.9 Å². The zero-order valence-corrected chi connectivity index (χ0v) is 11.0. The van der Waals surface area contributed by atoms with Crippen LogP contribution in [0.1, 0.15) is 27.7 Å². The number of hydrogen-bond donors (Lipinski definition) is 1. The van der Waals surface area contributed by atoms with Crippen LogP contribution >= 0.6 is 0 Å². The zero-order chi connectivity index (χ0) is 12.2. The predicted molar refractivity (Wildman–Crippen MR) is 63.6 cm³/mol. The third-order valence-corrected chi connectivity index (χ3v) is 2.55. The summed E-state index contributed by atoms with van der Waals surface area (Å²) in [5.74, 6) is 0.